The Morgan fingerprint density at radius 3 is 2.67 bits per heavy atom. The zero-order chi connectivity index (χ0) is 19.7. The first-order valence-electron chi connectivity index (χ1n) is 8.38. The zero-order valence-electron chi connectivity index (χ0n) is 15.6. The molecule has 2 heterocycles. The number of para-hydroxylation sites is 1. The number of fused-ring (bicyclic) bond motifs is 1. The van der Waals surface area contributed by atoms with Crippen molar-refractivity contribution in [3.8, 4) is 5.75 Å². The van der Waals surface area contributed by atoms with Gasteiger partial charge in [-0.1, -0.05) is 18.2 Å². The van der Waals surface area contributed by atoms with Crippen LogP contribution in [0.2, 0.25) is 0 Å². The fourth-order valence-corrected chi connectivity index (χ4v) is 3.07. The van der Waals surface area contributed by atoms with Gasteiger partial charge < -0.3 is 14.6 Å². The Morgan fingerprint density at radius 2 is 1.96 bits per heavy atom. The van der Waals surface area contributed by atoms with Crippen LogP contribution in [-0.2, 0) is 25.4 Å². The van der Waals surface area contributed by atoms with Gasteiger partial charge in [0.25, 0.3) is 5.56 Å². The Labute approximate surface area is 154 Å². The average molecular weight is 371 g/mol. The van der Waals surface area contributed by atoms with Gasteiger partial charge in [0.15, 0.2) is 11.2 Å². The van der Waals surface area contributed by atoms with Gasteiger partial charge in [-0.15, -0.1) is 0 Å². The number of nitrogens with zero attached hydrogens (tertiary/aromatic N) is 4. The molecule has 9 heteroatoms. The van der Waals surface area contributed by atoms with Crippen LogP contribution in [0.5, 0.6) is 5.75 Å². The van der Waals surface area contributed by atoms with Crippen LogP contribution in [0.1, 0.15) is 18.5 Å². The molecule has 0 aliphatic carbocycles. The number of carbonyl (C=O) groups is 1. The molecule has 0 radical (unpaired) electrons. The van der Waals surface area contributed by atoms with E-state index in [0.717, 1.165) is 10.1 Å². The van der Waals surface area contributed by atoms with Crippen LogP contribution in [0.3, 0.4) is 0 Å². The molecule has 0 bridgehead atoms. The summed E-state index contributed by atoms with van der Waals surface area (Å²) in [5.41, 5.74) is 0.212. The normalized spacial score (nSPS) is 12.1. The number of hydrogen-bond donors (Lipinski definition) is 1. The van der Waals surface area contributed by atoms with E-state index < -0.39 is 17.2 Å². The topological polar surface area (TPSA) is 100 Å². The molecule has 0 spiro atoms. The molecule has 0 aliphatic heterocycles. The quantitative estimate of drug-likeness (QED) is 0.696. The molecule has 1 aromatic carbocycles. The minimum absolute atomic E-state index is 0.266. The monoisotopic (exact) mass is 371 g/mol. The summed E-state index contributed by atoms with van der Waals surface area (Å²) >= 11 is 0. The van der Waals surface area contributed by atoms with E-state index >= 15 is 0 Å². The molecule has 3 rings (SSSR count). The third-order valence-corrected chi connectivity index (χ3v) is 4.49. The maximum Gasteiger partial charge on any atom is 0.332 e. The first kappa shape index (κ1) is 18.4. The standard InChI is InChI=1S/C18H21N5O4/c1-11(12-7-5-6-8-13(12)27-4)20-14(24)9-23-17(25)15-16(19-10-21(15)2)22(3)18(23)26/h5-8,10-11H,9H2,1-4H3,(H,20,24)/t11-/m1/s1. The molecule has 0 aliphatic rings. The number of nitrogens with one attached hydrogen (secondary N) is 1. The second kappa shape index (κ2) is 7.10. The molecule has 2 aromatic heterocycles. The van der Waals surface area contributed by atoms with Crippen molar-refractivity contribution in [3.63, 3.8) is 0 Å². The van der Waals surface area contributed by atoms with E-state index in [1.807, 2.05) is 18.2 Å². The Hall–Kier alpha value is -3.36. The third-order valence-electron chi connectivity index (χ3n) is 4.49. The number of carbonyl (C=O) groups excluding carboxylic acids is 1. The van der Waals surface area contributed by atoms with Gasteiger partial charge in [-0.25, -0.2) is 14.3 Å². The highest BCUT2D eigenvalue weighted by atomic mass is 16.5. The summed E-state index contributed by atoms with van der Waals surface area (Å²) in [6.45, 7) is 1.42. The molecule has 9 nitrogen and oxygen atoms in total. The SMILES string of the molecule is COc1ccccc1[C@@H](C)NC(=O)Cn1c(=O)c2c(ncn2C)n(C)c1=O. The first-order valence-corrected chi connectivity index (χ1v) is 8.38. The molecule has 1 N–H and O–H groups in total. The molecule has 27 heavy (non-hydrogen) atoms. The average Bonchev–Trinajstić information content (AvgIpc) is 3.05. The van der Waals surface area contributed by atoms with Crippen LogP contribution in [0.4, 0.5) is 0 Å². The lowest BCUT2D eigenvalue weighted by Crippen LogP contribution is -2.43. The maximum atomic E-state index is 12.7. The summed E-state index contributed by atoms with van der Waals surface area (Å²) in [6.07, 6.45) is 1.46. The summed E-state index contributed by atoms with van der Waals surface area (Å²) in [4.78, 5) is 41.7. The molecular weight excluding hydrogens is 350 g/mol. The summed E-state index contributed by atoms with van der Waals surface area (Å²) in [7, 11) is 4.73. The van der Waals surface area contributed by atoms with Crippen molar-refractivity contribution < 1.29 is 9.53 Å². The summed E-state index contributed by atoms with van der Waals surface area (Å²) in [6, 6.07) is 6.97. The molecule has 0 saturated heterocycles. The Morgan fingerprint density at radius 1 is 1.26 bits per heavy atom. The highest BCUT2D eigenvalue weighted by molar-refractivity contribution is 5.77. The van der Waals surface area contributed by atoms with Gasteiger partial charge in [-0.2, -0.15) is 0 Å². The van der Waals surface area contributed by atoms with Crippen molar-refractivity contribution in [2.24, 2.45) is 14.1 Å². The Balaban J connectivity index is 1.90. The van der Waals surface area contributed by atoms with Crippen molar-refractivity contribution in [1.29, 1.82) is 0 Å². The Kier molecular flexibility index (Phi) is 4.85. The molecule has 0 fully saturated rings. The lowest BCUT2D eigenvalue weighted by Gasteiger charge is -2.17. The number of aryl methyl sites for hydroxylation is 2. The second-order valence-electron chi connectivity index (χ2n) is 6.29. The molecule has 0 unspecified atom stereocenters. The summed E-state index contributed by atoms with van der Waals surface area (Å²) in [5, 5.41) is 2.80. The number of aromatic nitrogens is 4. The van der Waals surface area contributed by atoms with Crippen molar-refractivity contribution >= 4 is 17.1 Å². The number of amides is 1. The van der Waals surface area contributed by atoms with Crippen LogP contribution < -0.4 is 21.3 Å². The zero-order valence-corrected chi connectivity index (χ0v) is 15.6. The number of methoxy groups -OCH3 is 1. The second-order valence-corrected chi connectivity index (χ2v) is 6.29. The largest absolute Gasteiger partial charge is 0.496 e. The van der Waals surface area contributed by atoms with Crippen LogP contribution >= 0.6 is 0 Å². The van der Waals surface area contributed by atoms with Gasteiger partial charge >= 0.3 is 5.69 Å². The highest BCUT2D eigenvalue weighted by Crippen LogP contribution is 2.24. The fourth-order valence-electron chi connectivity index (χ4n) is 3.07. The minimum atomic E-state index is -0.591. The van der Waals surface area contributed by atoms with E-state index in [0.29, 0.717) is 5.75 Å². The number of hydrogen-bond acceptors (Lipinski definition) is 5. The van der Waals surface area contributed by atoms with Crippen LogP contribution in [-0.4, -0.2) is 31.7 Å². The fraction of sp³-hybridized carbons (Fsp3) is 0.333. The molecular formula is C18H21N5O4. The van der Waals surface area contributed by atoms with Gasteiger partial charge in [-0.3, -0.25) is 14.2 Å². The predicted octanol–water partition coefficient (Wildman–Crippen LogP) is 0.320. The molecule has 3 aromatic rings. The van der Waals surface area contributed by atoms with Gasteiger partial charge in [0.2, 0.25) is 5.91 Å². The minimum Gasteiger partial charge on any atom is -0.496 e. The van der Waals surface area contributed by atoms with Crippen LogP contribution in [0, 0.1) is 0 Å². The van der Waals surface area contributed by atoms with Crippen molar-refractivity contribution in [2.75, 3.05) is 7.11 Å². The third kappa shape index (κ3) is 3.23. The summed E-state index contributed by atoms with van der Waals surface area (Å²) < 4.78 is 9.00. The lowest BCUT2D eigenvalue weighted by molar-refractivity contribution is -0.122. The van der Waals surface area contributed by atoms with Crippen LogP contribution in [0.15, 0.2) is 40.2 Å². The van der Waals surface area contributed by atoms with Crippen molar-refractivity contribution in [1.82, 2.24) is 24.0 Å². The highest BCUT2D eigenvalue weighted by Gasteiger charge is 2.19. The molecule has 142 valence electrons. The predicted molar refractivity (Wildman–Crippen MR) is 99.8 cm³/mol. The Bertz CT molecular complexity index is 1120. The van der Waals surface area contributed by atoms with Crippen molar-refractivity contribution in [3.05, 3.63) is 57.0 Å². The summed E-state index contributed by atoms with van der Waals surface area (Å²) in [5.74, 6) is 0.198. The smallest absolute Gasteiger partial charge is 0.332 e. The number of ether oxygens (including phenoxy) is 1. The van der Waals surface area contributed by atoms with Crippen molar-refractivity contribution in [2.45, 2.75) is 19.5 Å². The van der Waals surface area contributed by atoms with E-state index in [-0.39, 0.29) is 23.8 Å². The van der Waals surface area contributed by atoms with Crippen LogP contribution in [0.25, 0.3) is 11.2 Å². The molecule has 1 atom stereocenters. The van der Waals surface area contributed by atoms with E-state index in [2.05, 4.69) is 10.3 Å². The van der Waals surface area contributed by atoms with E-state index in [1.54, 1.807) is 27.1 Å². The van der Waals surface area contributed by atoms with Gasteiger partial charge in [0.1, 0.15) is 12.3 Å². The van der Waals surface area contributed by atoms with Gasteiger partial charge in [0, 0.05) is 19.7 Å². The van der Waals surface area contributed by atoms with Gasteiger partial charge in [0.05, 0.1) is 19.5 Å². The molecule has 0 saturated carbocycles. The number of benzene rings is 1. The maximum absolute atomic E-state index is 12.7. The van der Waals surface area contributed by atoms with E-state index in [4.69, 9.17) is 4.74 Å². The molecule has 1 amide bonds. The van der Waals surface area contributed by atoms with E-state index in [9.17, 15) is 14.4 Å². The van der Waals surface area contributed by atoms with E-state index in [1.165, 1.54) is 22.5 Å². The first-order chi connectivity index (χ1) is 12.8. The number of rotatable bonds is 5. The lowest BCUT2D eigenvalue weighted by atomic mass is 10.1. The van der Waals surface area contributed by atoms with Gasteiger partial charge in [-0.05, 0) is 13.0 Å². The number of imidazole rings is 1.